The third-order valence-corrected chi connectivity index (χ3v) is 4.14. The molecule has 3 nitrogen and oxygen atoms in total. The Morgan fingerprint density at radius 1 is 1.42 bits per heavy atom. The lowest BCUT2D eigenvalue weighted by atomic mass is 9.98. The fraction of sp³-hybridized carbons (Fsp3) is 0.533. The van der Waals surface area contributed by atoms with E-state index in [4.69, 9.17) is 11.6 Å². The van der Waals surface area contributed by atoms with Gasteiger partial charge in [0.15, 0.2) is 0 Å². The molecule has 1 atom stereocenters. The zero-order valence-electron chi connectivity index (χ0n) is 11.2. The van der Waals surface area contributed by atoms with Crippen LogP contribution in [0.4, 0.5) is 0 Å². The van der Waals surface area contributed by atoms with Crippen molar-refractivity contribution >= 4 is 17.5 Å². The lowest BCUT2D eigenvalue weighted by Gasteiger charge is -2.21. The van der Waals surface area contributed by atoms with E-state index in [1.807, 2.05) is 4.90 Å². The van der Waals surface area contributed by atoms with E-state index in [1.165, 1.54) is 18.9 Å². The van der Waals surface area contributed by atoms with Crippen molar-refractivity contribution in [1.29, 1.82) is 0 Å². The maximum absolute atomic E-state index is 12.4. The molecule has 1 N–H and O–H groups in total. The van der Waals surface area contributed by atoms with Gasteiger partial charge in [-0.2, -0.15) is 0 Å². The highest BCUT2D eigenvalue weighted by Gasteiger charge is 2.22. The van der Waals surface area contributed by atoms with E-state index >= 15 is 0 Å². The molecule has 19 heavy (non-hydrogen) atoms. The molecule has 1 saturated heterocycles. The maximum Gasteiger partial charge on any atom is 0.257 e. The van der Waals surface area contributed by atoms with E-state index in [2.05, 4.69) is 6.92 Å². The zero-order chi connectivity index (χ0) is 13.8. The normalized spacial score (nSPS) is 20.1. The molecule has 0 saturated carbocycles. The van der Waals surface area contributed by atoms with Crippen LogP contribution in [0.15, 0.2) is 18.2 Å². The van der Waals surface area contributed by atoms with Gasteiger partial charge in [-0.3, -0.25) is 4.79 Å². The number of phenols is 1. The molecule has 0 spiro atoms. The molecule has 1 fully saturated rings. The van der Waals surface area contributed by atoms with Crippen molar-refractivity contribution in [1.82, 2.24) is 4.90 Å². The first kappa shape index (κ1) is 14.2. The van der Waals surface area contributed by atoms with Gasteiger partial charge in [-0.15, -0.1) is 0 Å². The number of hydrogen-bond donors (Lipinski definition) is 1. The van der Waals surface area contributed by atoms with Gasteiger partial charge in [-0.25, -0.2) is 0 Å². The molecule has 0 radical (unpaired) electrons. The Hall–Kier alpha value is -1.22. The highest BCUT2D eigenvalue weighted by atomic mass is 35.5. The maximum atomic E-state index is 12.4. The Labute approximate surface area is 119 Å². The third kappa shape index (κ3) is 3.41. The molecule has 1 unspecified atom stereocenters. The van der Waals surface area contributed by atoms with Crippen LogP contribution in [-0.4, -0.2) is 29.0 Å². The highest BCUT2D eigenvalue weighted by Crippen LogP contribution is 2.26. The number of hydrogen-bond acceptors (Lipinski definition) is 2. The van der Waals surface area contributed by atoms with Gasteiger partial charge in [-0.05, 0) is 43.4 Å². The summed E-state index contributed by atoms with van der Waals surface area (Å²) in [5.74, 6) is 0.594. The largest absolute Gasteiger partial charge is 0.507 e. The van der Waals surface area contributed by atoms with Gasteiger partial charge in [0, 0.05) is 18.1 Å². The summed E-state index contributed by atoms with van der Waals surface area (Å²) in [5.41, 5.74) is 0.347. The number of halogens is 1. The molecule has 1 aromatic carbocycles. The molecular weight excluding hydrogens is 262 g/mol. The van der Waals surface area contributed by atoms with Gasteiger partial charge < -0.3 is 10.0 Å². The van der Waals surface area contributed by atoms with E-state index in [-0.39, 0.29) is 11.7 Å². The summed E-state index contributed by atoms with van der Waals surface area (Å²) in [6.07, 6.45) is 4.45. The predicted octanol–water partition coefficient (Wildman–Crippen LogP) is 3.70. The molecule has 1 aromatic rings. The first-order chi connectivity index (χ1) is 9.11. The molecule has 1 amide bonds. The molecule has 1 aliphatic heterocycles. The van der Waals surface area contributed by atoms with Crippen LogP contribution in [0.3, 0.4) is 0 Å². The number of likely N-dealkylation sites (tertiary alicyclic amines) is 1. The fourth-order valence-corrected chi connectivity index (χ4v) is 2.80. The second-order valence-electron chi connectivity index (χ2n) is 5.16. The van der Waals surface area contributed by atoms with Crippen LogP contribution in [0.1, 0.15) is 43.0 Å². The number of phenolic OH excluding ortho intramolecular Hbond substituents is 1. The molecule has 0 aliphatic carbocycles. The first-order valence-corrected chi connectivity index (χ1v) is 7.27. The van der Waals surface area contributed by atoms with Crippen LogP contribution >= 0.6 is 11.6 Å². The topological polar surface area (TPSA) is 40.5 Å². The Morgan fingerprint density at radius 3 is 2.89 bits per heavy atom. The van der Waals surface area contributed by atoms with Crippen LogP contribution in [0.2, 0.25) is 5.02 Å². The zero-order valence-corrected chi connectivity index (χ0v) is 12.0. The quantitative estimate of drug-likeness (QED) is 0.898. The van der Waals surface area contributed by atoms with Crippen LogP contribution in [0.5, 0.6) is 5.75 Å². The third-order valence-electron chi connectivity index (χ3n) is 3.90. The van der Waals surface area contributed by atoms with E-state index in [0.29, 0.717) is 10.6 Å². The smallest absolute Gasteiger partial charge is 0.257 e. The minimum atomic E-state index is -0.0917. The SMILES string of the molecule is CCC1CCCN(C(=O)c2ccc(Cl)cc2O)CC1. The summed E-state index contributed by atoms with van der Waals surface area (Å²) < 4.78 is 0. The summed E-state index contributed by atoms with van der Waals surface area (Å²) in [6, 6.07) is 4.66. The number of rotatable bonds is 2. The van der Waals surface area contributed by atoms with Crippen molar-refractivity contribution < 1.29 is 9.90 Å². The standard InChI is InChI=1S/C15H20ClNO2/c1-2-11-4-3-8-17(9-7-11)15(19)13-6-5-12(16)10-14(13)18/h5-6,10-11,18H,2-4,7-9H2,1H3. The fourth-order valence-electron chi connectivity index (χ4n) is 2.63. The van der Waals surface area contributed by atoms with Crippen molar-refractivity contribution in [3.05, 3.63) is 28.8 Å². The van der Waals surface area contributed by atoms with E-state index < -0.39 is 0 Å². The molecule has 1 aliphatic rings. The molecule has 4 heteroatoms. The number of aromatic hydroxyl groups is 1. The molecule has 1 heterocycles. The van der Waals surface area contributed by atoms with Gasteiger partial charge in [0.2, 0.25) is 0 Å². The molecule has 0 bridgehead atoms. The van der Waals surface area contributed by atoms with Crippen LogP contribution in [0, 0.1) is 5.92 Å². The van der Waals surface area contributed by atoms with Gasteiger partial charge in [0.25, 0.3) is 5.91 Å². The summed E-state index contributed by atoms with van der Waals surface area (Å²) in [5, 5.41) is 10.3. The minimum absolute atomic E-state index is 0.0335. The first-order valence-electron chi connectivity index (χ1n) is 6.89. The van der Waals surface area contributed by atoms with E-state index in [1.54, 1.807) is 12.1 Å². The second-order valence-corrected chi connectivity index (χ2v) is 5.60. The Bertz CT molecular complexity index is 461. The molecule has 104 valence electrons. The Balaban J connectivity index is 2.10. The average Bonchev–Trinajstić information content (AvgIpc) is 2.63. The number of benzene rings is 1. The predicted molar refractivity (Wildman–Crippen MR) is 76.7 cm³/mol. The van der Waals surface area contributed by atoms with Crippen molar-refractivity contribution in [2.45, 2.75) is 32.6 Å². The van der Waals surface area contributed by atoms with Gasteiger partial charge in [-0.1, -0.05) is 24.9 Å². The van der Waals surface area contributed by atoms with Crippen LogP contribution in [0.25, 0.3) is 0 Å². The second kappa shape index (κ2) is 6.29. The average molecular weight is 282 g/mol. The molecule has 0 aromatic heterocycles. The number of carbonyl (C=O) groups excluding carboxylic acids is 1. The van der Waals surface area contributed by atoms with Crippen molar-refractivity contribution in [2.24, 2.45) is 5.92 Å². The Morgan fingerprint density at radius 2 is 2.21 bits per heavy atom. The lowest BCUT2D eigenvalue weighted by Crippen LogP contribution is -2.32. The number of carbonyl (C=O) groups is 1. The number of nitrogens with zero attached hydrogens (tertiary/aromatic N) is 1. The van der Waals surface area contributed by atoms with Gasteiger partial charge in [0.05, 0.1) is 5.56 Å². The van der Waals surface area contributed by atoms with Gasteiger partial charge in [0.1, 0.15) is 5.75 Å². The van der Waals surface area contributed by atoms with Crippen LogP contribution in [-0.2, 0) is 0 Å². The number of amides is 1. The van der Waals surface area contributed by atoms with Gasteiger partial charge >= 0.3 is 0 Å². The summed E-state index contributed by atoms with van der Waals surface area (Å²) in [6.45, 7) is 3.75. The van der Waals surface area contributed by atoms with E-state index in [9.17, 15) is 9.90 Å². The van der Waals surface area contributed by atoms with Crippen molar-refractivity contribution in [2.75, 3.05) is 13.1 Å². The van der Waals surface area contributed by atoms with Crippen molar-refractivity contribution in [3.8, 4) is 5.75 Å². The lowest BCUT2D eigenvalue weighted by molar-refractivity contribution is 0.0757. The molecular formula is C15H20ClNO2. The minimum Gasteiger partial charge on any atom is -0.507 e. The summed E-state index contributed by atoms with van der Waals surface area (Å²) in [7, 11) is 0. The molecule has 2 rings (SSSR count). The summed E-state index contributed by atoms with van der Waals surface area (Å²) in [4.78, 5) is 14.2. The summed E-state index contributed by atoms with van der Waals surface area (Å²) >= 11 is 5.79. The van der Waals surface area contributed by atoms with Crippen molar-refractivity contribution in [3.63, 3.8) is 0 Å². The van der Waals surface area contributed by atoms with Crippen LogP contribution < -0.4 is 0 Å². The Kier molecular flexibility index (Phi) is 4.70. The highest BCUT2D eigenvalue weighted by molar-refractivity contribution is 6.30. The monoisotopic (exact) mass is 281 g/mol. The van der Waals surface area contributed by atoms with E-state index in [0.717, 1.165) is 31.8 Å².